The number of carbonyl (C=O) groups excluding carboxylic acids is 2. The van der Waals surface area contributed by atoms with Gasteiger partial charge in [-0.3, -0.25) is 9.59 Å². The van der Waals surface area contributed by atoms with Crippen LogP contribution in [-0.2, 0) is 36.6 Å². The number of aryl methyl sites for hydroxylation is 2. The fourth-order valence-electron chi connectivity index (χ4n) is 7.56. The zero-order valence-electron chi connectivity index (χ0n) is 38.0. The topological polar surface area (TPSA) is 259 Å². The fraction of sp³-hybridized carbons (Fsp3) is 0.738. The molecule has 64 heavy (non-hydrogen) atoms. The second kappa shape index (κ2) is 26.7. The van der Waals surface area contributed by atoms with Crippen LogP contribution in [0.5, 0.6) is 0 Å². The highest BCUT2D eigenvalue weighted by Gasteiger charge is 2.35. The van der Waals surface area contributed by atoms with Crippen LogP contribution >= 0.6 is 0 Å². The molecule has 5 heterocycles. The van der Waals surface area contributed by atoms with E-state index in [0.717, 1.165) is 49.9 Å². The molecule has 22 nitrogen and oxygen atoms in total. The van der Waals surface area contributed by atoms with Crippen molar-refractivity contribution >= 4 is 29.7 Å². The number of piperazine rings is 2. The van der Waals surface area contributed by atoms with Gasteiger partial charge < -0.3 is 55.7 Å². The Morgan fingerprint density at radius 2 is 1.22 bits per heavy atom. The summed E-state index contributed by atoms with van der Waals surface area (Å²) < 4.78 is 19.7. The quantitative estimate of drug-likeness (QED) is 0.0549. The van der Waals surface area contributed by atoms with Gasteiger partial charge in [0.05, 0.1) is 50.5 Å². The summed E-state index contributed by atoms with van der Waals surface area (Å²) in [4.78, 5) is 50.3. The molecule has 2 fully saturated rings. The monoisotopic (exact) mass is 895 g/mol. The molecule has 2 aliphatic heterocycles. The third kappa shape index (κ3) is 14.7. The van der Waals surface area contributed by atoms with Crippen molar-refractivity contribution in [1.29, 1.82) is 0 Å². The van der Waals surface area contributed by atoms with Crippen molar-refractivity contribution in [3.05, 3.63) is 23.8 Å². The van der Waals surface area contributed by atoms with E-state index in [1.54, 1.807) is 22.7 Å². The molecule has 4 atom stereocenters. The Hall–Kier alpha value is -5.05. The lowest BCUT2D eigenvalue weighted by molar-refractivity contribution is -0.139. The van der Waals surface area contributed by atoms with Gasteiger partial charge in [0.25, 0.3) is 0 Å². The zero-order chi connectivity index (χ0) is 45.7. The number of anilines is 3. The van der Waals surface area contributed by atoms with Gasteiger partial charge in [0.1, 0.15) is 12.6 Å². The minimum Gasteiger partial charge on any atom is -0.391 e. The molecule has 2 amide bonds. The molecule has 0 aromatic carbocycles. The number of aromatic nitrogens is 9. The van der Waals surface area contributed by atoms with Crippen LogP contribution in [0.1, 0.15) is 76.3 Å². The number of amides is 2. The molecule has 2 aliphatic rings. The summed E-state index contributed by atoms with van der Waals surface area (Å²) in [7, 11) is 0. The van der Waals surface area contributed by atoms with Crippen LogP contribution < -0.4 is 26.6 Å². The average Bonchev–Trinajstić information content (AvgIpc) is 3.98. The van der Waals surface area contributed by atoms with E-state index in [1.807, 2.05) is 16.0 Å². The van der Waals surface area contributed by atoms with Crippen molar-refractivity contribution in [1.82, 2.24) is 54.7 Å². The Kier molecular flexibility index (Phi) is 20.8. The molecule has 22 heteroatoms. The van der Waals surface area contributed by atoms with Gasteiger partial charge in [-0.2, -0.15) is 15.0 Å². The van der Waals surface area contributed by atoms with Gasteiger partial charge in [-0.1, -0.05) is 36.6 Å². The number of nitrogens with zero attached hydrogens (tertiary/aromatic N) is 13. The molecule has 6 N–H and O–H groups in total. The van der Waals surface area contributed by atoms with Gasteiger partial charge in [-0.15, -0.1) is 16.6 Å². The number of aliphatic hydroxyl groups is 1. The van der Waals surface area contributed by atoms with E-state index in [1.165, 1.54) is 4.68 Å². The van der Waals surface area contributed by atoms with Gasteiger partial charge in [0.2, 0.25) is 29.7 Å². The van der Waals surface area contributed by atoms with Crippen LogP contribution in [-0.4, -0.2) is 189 Å². The highest BCUT2D eigenvalue weighted by atomic mass is 16.5. The van der Waals surface area contributed by atoms with Crippen LogP contribution in [0.15, 0.2) is 12.4 Å². The second-order valence-corrected chi connectivity index (χ2v) is 16.2. The van der Waals surface area contributed by atoms with Gasteiger partial charge in [0, 0.05) is 71.3 Å². The molecule has 0 bridgehead atoms. The highest BCUT2D eigenvalue weighted by molar-refractivity contribution is 5.81. The molecular formula is C42H70N16O6. The lowest BCUT2D eigenvalue weighted by atomic mass is 9.97. The second-order valence-electron chi connectivity index (χ2n) is 16.2. The summed E-state index contributed by atoms with van der Waals surface area (Å²) in [6, 6.07) is -1.37. The maximum Gasteiger partial charge on any atom is 0.250 e. The highest BCUT2D eigenvalue weighted by Crippen LogP contribution is 2.26. The number of unbranched alkanes of at least 4 members (excludes halogenated alkanes) is 2. The van der Waals surface area contributed by atoms with Crippen molar-refractivity contribution in [2.24, 2.45) is 17.4 Å². The van der Waals surface area contributed by atoms with E-state index in [4.69, 9.17) is 47.1 Å². The van der Waals surface area contributed by atoms with Crippen molar-refractivity contribution in [3.63, 3.8) is 0 Å². The van der Waals surface area contributed by atoms with Crippen LogP contribution in [0, 0.1) is 18.3 Å². The number of terminal acetylenes is 1. The predicted octanol–water partition coefficient (Wildman–Crippen LogP) is -0.0810. The molecule has 0 saturated carbocycles. The Morgan fingerprint density at radius 3 is 1.70 bits per heavy atom. The van der Waals surface area contributed by atoms with Crippen LogP contribution in [0.25, 0.3) is 0 Å². The number of nitrogens with one attached hydrogen (secondary N) is 1. The van der Waals surface area contributed by atoms with Crippen molar-refractivity contribution in [3.8, 4) is 12.3 Å². The minimum absolute atomic E-state index is 0.0192. The van der Waals surface area contributed by atoms with E-state index in [2.05, 4.69) is 50.6 Å². The Labute approximate surface area is 376 Å². The predicted molar refractivity (Wildman–Crippen MR) is 240 cm³/mol. The smallest absolute Gasteiger partial charge is 0.250 e. The van der Waals surface area contributed by atoms with E-state index < -0.39 is 18.2 Å². The Morgan fingerprint density at radius 1 is 0.734 bits per heavy atom. The molecule has 5 rings (SSSR count). The van der Waals surface area contributed by atoms with Crippen molar-refractivity contribution in [2.45, 2.75) is 83.9 Å². The van der Waals surface area contributed by atoms with E-state index in [9.17, 15) is 14.7 Å². The van der Waals surface area contributed by atoms with Crippen LogP contribution in [0.4, 0.5) is 17.8 Å². The summed E-state index contributed by atoms with van der Waals surface area (Å²) in [5.74, 6) is 3.60. The molecular weight excluding hydrogens is 825 g/mol. The lowest BCUT2D eigenvalue weighted by Crippen LogP contribution is -2.53. The first-order valence-electron chi connectivity index (χ1n) is 22.8. The zero-order valence-corrected chi connectivity index (χ0v) is 38.0. The van der Waals surface area contributed by atoms with Gasteiger partial charge in [0.15, 0.2) is 6.04 Å². The maximum atomic E-state index is 14.2. The van der Waals surface area contributed by atoms with Crippen LogP contribution in [0.3, 0.4) is 0 Å². The van der Waals surface area contributed by atoms with Gasteiger partial charge in [-0.05, 0) is 64.5 Å². The summed E-state index contributed by atoms with van der Waals surface area (Å²) >= 11 is 0. The molecule has 0 aliphatic carbocycles. The van der Waals surface area contributed by atoms with Crippen LogP contribution in [0.2, 0.25) is 0 Å². The number of carbonyl (C=O) groups is 2. The summed E-state index contributed by atoms with van der Waals surface area (Å²) in [6.07, 6.45) is 13.7. The van der Waals surface area contributed by atoms with E-state index >= 15 is 0 Å². The molecule has 0 spiro atoms. The number of nitrogens with two attached hydrogens (primary N) is 2. The van der Waals surface area contributed by atoms with Gasteiger partial charge in [-0.25, -0.2) is 9.36 Å². The molecule has 354 valence electrons. The molecule has 2 saturated heterocycles. The molecule has 0 radical (unpaired) electrons. The first-order valence-corrected chi connectivity index (χ1v) is 22.8. The first-order chi connectivity index (χ1) is 31.2. The van der Waals surface area contributed by atoms with E-state index in [0.29, 0.717) is 129 Å². The molecule has 3 aromatic heterocycles. The summed E-state index contributed by atoms with van der Waals surface area (Å²) in [6.45, 7) is 13.4. The SMILES string of the molecule is C#CCOCCOCCOCCNc1nc(N2CCN(C(=O)C(C(C)O)n3cc(CCCCN)nn3)CC2)nc(N2CCN(C(=O)C(C(C)CC)n3cc(CCCCN)nn3)CC2)n1. The van der Waals surface area contributed by atoms with Gasteiger partial charge >= 0.3 is 0 Å². The Bertz CT molecular complexity index is 1870. The van der Waals surface area contributed by atoms with Crippen molar-refractivity contribution in [2.75, 3.05) is 127 Å². The number of ether oxygens (including phenoxy) is 3. The van der Waals surface area contributed by atoms with Crippen molar-refractivity contribution < 1.29 is 28.9 Å². The summed E-state index contributed by atoms with van der Waals surface area (Å²) in [5, 5.41) is 31.2. The Balaban J connectivity index is 1.23. The normalized spacial score (nSPS) is 16.4. The third-order valence-electron chi connectivity index (χ3n) is 11.4. The number of rotatable bonds is 28. The number of aliphatic hydroxyl groups excluding tert-OH is 1. The summed E-state index contributed by atoms with van der Waals surface area (Å²) in [5.41, 5.74) is 12.9. The first kappa shape index (κ1) is 50.0. The largest absolute Gasteiger partial charge is 0.391 e. The maximum absolute atomic E-state index is 14.2. The lowest BCUT2D eigenvalue weighted by Gasteiger charge is -2.38. The molecule has 3 aromatic rings. The average molecular weight is 895 g/mol. The number of hydrogen-bond acceptors (Lipinski definition) is 18. The van der Waals surface area contributed by atoms with E-state index in [-0.39, 0.29) is 24.3 Å². The molecule has 4 unspecified atom stereocenters. The third-order valence-corrected chi connectivity index (χ3v) is 11.4. The number of hydrogen-bond donors (Lipinski definition) is 4. The fourth-order valence-corrected chi connectivity index (χ4v) is 7.56. The standard InChI is InChI=1S/C42H70N16O6/c1-5-24-62-26-28-64-29-27-63-25-15-45-40-46-41(55-20-16-53(17-21-55)38(60)36(32(3)6-2)57-30-34(49-51-57)11-7-9-13-43)48-42(47-40)56-22-18-54(19-23-56)39(61)37(33(4)59)58-31-35(50-52-58)12-8-10-14-44/h1,30-33,36-37,59H,6-29,43-44H2,2-4H3,(H,45,46,47,48). The minimum atomic E-state index is -0.983.